The van der Waals surface area contributed by atoms with Crippen molar-refractivity contribution in [1.82, 2.24) is 25.0 Å². The fraction of sp³-hybridized carbons (Fsp3) is 0.412. The Morgan fingerprint density at radius 3 is 2.56 bits per heavy atom. The molecule has 1 fully saturated rings. The predicted molar refractivity (Wildman–Crippen MR) is 93.8 cm³/mol. The third-order valence-corrected chi connectivity index (χ3v) is 4.34. The Balaban J connectivity index is 1.55. The van der Waals surface area contributed by atoms with E-state index in [0.29, 0.717) is 31.7 Å². The maximum absolute atomic E-state index is 12.4. The van der Waals surface area contributed by atoms with E-state index in [4.69, 9.17) is 0 Å². The highest BCUT2D eigenvalue weighted by Crippen LogP contribution is 2.22. The minimum Gasteiger partial charge on any atom is -0.331 e. The van der Waals surface area contributed by atoms with Crippen LogP contribution in [0.15, 0.2) is 30.6 Å². The first-order chi connectivity index (χ1) is 12.0. The average molecular weight is 342 g/mol. The molecule has 1 saturated heterocycles. The lowest BCUT2D eigenvalue weighted by atomic mass is 9.96. The van der Waals surface area contributed by atoms with Crippen molar-refractivity contribution in [2.45, 2.75) is 12.8 Å². The van der Waals surface area contributed by atoms with Crippen molar-refractivity contribution < 1.29 is 9.59 Å². The minimum atomic E-state index is -0.104. The molecule has 132 valence electrons. The number of amides is 3. The van der Waals surface area contributed by atoms with Crippen LogP contribution in [0.1, 0.15) is 12.8 Å². The third-order valence-electron chi connectivity index (χ3n) is 4.34. The van der Waals surface area contributed by atoms with E-state index < -0.39 is 0 Å². The molecule has 2 N–H and O–H groups in total. The Morgan fingerprint density at radius 1 is 1.24 bits per heavy atom. The molecule has 0 saturated carbocycles. The Kier molecular flexibility index (Phi) is 4.97. The fourth-order valence-corrected chi connectivity index (χ4v) is 2.91. The third kappa shape index (κ3) is 3.96. The van der Waals surface area contributed by atoms with Gasteiger partial charge in [0.1, 0.15) is 0 Å². The highest BCUT2D eigenvalue weighted by molar-refractivity contribution is 5.92. The van der Waals surface area contributed by atoms with E-state index in [0.717, 1.165) is 11.3 Å². The van der Waals surface area contributed by atoms with E-state index in [1.165, 1.54) is 0 Å². The Bertz CT molecular complexity index is 735. The summed E-state index contributed by atoms with van der Waals surface area (Å²) in [7, 11) is 3.47. The number of H-pyrrole nitrogens is 1. The highest BCUT2D eigenvalue weighted by Gasteiger charge is 2.28. The van der Waals surface area contributed by atoms with Gasteiger partial charge in [-0.3, -0.25) is 14.9 Å². The number of anilines is 1. The molecule has 0 atom stereocenters. The zero-order chi connectivity index (χ0) is 17.8. The summed E-state index contributed by atoms with van der Waals surface area (Å²) in [6, 6.07) is 5.54. The molecule has 0 spiro atoms. The number of rotatable bonds is 3. The number of hydrogen-bond donors (Lipinski definition) is 2. The summed E-state index contributed by atoms with van der Waals surface area (Å²) in [6.45, 7) is 1.19. The van der Waals surface area contributed by atoms with Gasteiger partial charge in [0.2, 0.25) is 5.91 Å². The van der Waals surface area contributed by atoms with Crippen LogP contribution >= 0.6 is 0 Å². The van der Waals surface area contributed by atoms with Crippen LogP contribution in [0.5, 0.6) is 0 Å². The van der Waals surface area contributed by atoms with Crippen molar-refractivity contribution in [3.63, 3.8) is 0 Å². The van der Waals surface area contributed by atoms with Gasteiger partial charge in [0.15, 0.2) is 5.82 Å². The van der Waals surface area contributed by atoms with E-state index in [-0.39, 0.29) is 17.9 Å². The van der Waals surface area contributed by atoms with E-state index >= 15 is 0 Å². The van der Waals surface area contributed by atoms with Gasteiger partial charge in [0.05, 0.1) is 5.69 Å². The second-order valence-electron chi connectivity index (χ2n) is 6.33. The van der Waals surface area contributed by atoms with Crippen molar-refractivity contribution in [2.75, 3.05) is 32.5 Å². The van der Waals surface area contributed by atoms with E-state index in [1.807, 2.05) is 12.1 Å². The molecule has 1 aliphatic rings. The number of urea groups is 1. The standard InChI is InChI=1S/C17H22N6O2/c1-22(2)17(25)23-9-5-13(6-10-23)16(24)19-15-11-14(20-21-15)12-3-7-18-8-4-12/h3-4,7-8,11,13H,5-6,9-10H2,1-2H3,(H2,19,20,21,24). The molecule has 3 amide bonds. The fourth-order valence-electron chi connectivity index (χ4n) is 2.91. The van der Waals surface area contributed by atoms with Crippen LogP contribution in [0.2, 0.25) is 0 Å². The van der Waals surface area contributed by atoms with Gasteiger partial charge in [-0.1, -0.05) is 0 Å². The summed E-state index contributed by atoms with van der Waals surface area (Å²) in [5.74, 6) is 0.348. The summed E-state index contributed by atoms with van der Waals surface area (Å²) < 4.78 is 0. The van der Waals surface area contributed by atoms with Crippen LogP contribution in [-0.4, -0.2) is 64.1 Å². The van der Waals surface area contributed by atoms with Crippen LogP contribution in [0.3, 0.4) is 0 Å². The summed E-state index contributed by atoms with van der Waals surface area (Å²) in [5, 5.41) is 9.92. The molecule has 25 heavy (non-hydrogen) atoms. The minimum absolute atomic E-state index is 0.00634. The van der Waals surface area contributed by atoms with Gasteiger partial charge in [-0.2, -0.15) is 5.10 Å². The van der Waals surface area contributed by atoms with Crippen molar-refractivity contribution in [3.8, 4) is 11.3 Å². The second kappa shape index (κ2) is 7.33. The van der Waals surface area contributed by atoms with Gasteiger partial charge in [-0.05, 0) is 25.0 Å². The summed E-state index contributed by atoms with van der Waals surface area (Å²) in [5.41, 5.74) is 1.78. The van der Waals surface area contributed by atoms with Crippen LogP contribution < -0.4 is 5.32 Å². The van der Waals surface area contributed by atoms with Crippen LogP contribution in [0.4, 0.5) is 10.6 Å². The van der Waals surface area contributed by atoms with Gasteiger partial charge >= 0.3 is 6.03 Å². The van der Waals surface area contributed by atoms with Gasteiger partial charge in [0.25, 0.3) is 0 Å². The van der Waals surface area contributed by atoms with Crippen molar-refractivity contribution >= 4 is 17.8 Å². The number of aromatic nitrogens is 3. The van der Waals surface area contributed by atoms with E-state index in [2.05, 4.69) is 20.5 Å². The zero-order valence-electron chi connectivity index (χ0n) is 14.4. The van der Waals surface area contributed by atoms with Crippen molar-refractivity contribution in [2.24, 2.45) is 5.92 Å². The number of nitrogens with zero attached hydrogens (tertiary/aromatic N) is 4. The Morgan fingerprint density at radius 2 is 1.92 bits per heavy atom. The number of piperidine rings is 1. The molecular weight excluding hydrogens is 320 g/mol. The lowest BCUT2D eigenvalue weighted by Gasteiger charge is -2.32. The number of nitrogens with one attached hydrogen (secondary N) is 2. The summed E-state index contributed by atoms with van der Waals surface area (Å²) in [6.07, 6.45) is 4.73. The number of likely N-dealkylation sites (tertiary alicyclic amines) is 1. The van der Waals surface area contributed by atoms with Crippen molar-refractivity contribution in [1.29, 1.82) is 0 Å². The van der Waals surface area contributed by atoms with Gasteiger partial charge in [0, 0.05) is 57.1 Å². The lowest BCUT2D eigenvalue weighted by molar-refractivity contribution is -0.121. The molecule has 2 aromatic heterocycles. The van der Waals surface area contributed by atoms with Crippen molar-refractivity contribution in [3.05, 3.63) is 30.6 Å². The zero-order valence-corrected chi connectivity index (χ0v) is 14.4. The number of pyridine rings is 1. The highest BCUT2D eigenvalue weighted by atomic mass is 16.2. The van der Waals surface area contributed by atoms with Crippen LogP contribution in [-0.2, 0) is 4.79 Å². The molecule has 8 heteroatoms. The quantitative estimate of drug-likeness (QED) is 0.889. The summed E-state index contributed by atoms with van der Waals surface area (Å²) in [4.78, 5) is 31.7. The van der Waals surface area contributed by atoms with Crippen LogP contribution in [0.25, 0.3) is 11.3 Å². The van der Waals surface area contributed by atoms with Gasteiger partial charge in [-0.15, -0.1) is 0 Å². The topological polar surface area (TPSA) is 94.2 Å². The molecule has 0 unspecified atom stereocenters. The van der Waals surface area contributed by atoms with E-state index in [9.17, 15) is 9.59 Å². The predicted octanol–water partition coefficient (Wildman–Crippen LogP) is 1.80. The maximum atomic E-state index is 12.4. The average Bonchev–Trinajstić information content (AvgIpc) is 3.10. The number of hydrogen-bond acceptors (Lipinski definition) is 4. The molecular formula is C17H22N6O2. The molecule has 3 heterocycles. The molecule has 8 nitrogen and oxygen atoms in total. The monoisotopic (exact) mass is 342 g/mol. The number of aromatic amines is 1. The Labute approximate surface area is 146 Å². The summed E-state index contributed by atoms with van der Waals surface area (Å²) >= 11 is 0. The van der Waals surface area contributed by atoms with Crippen LogP contribution in [0, 0.1) is 5.92 Å². The first-order valence-electron chi connectivity index (χ1n) is 8.27. The van der Waals surface area contributed by atoms with Gasteiger partial charge in [-0.25, -0.2) is 4.79 Å². The molecule has 0 radical (unpaired) electrons. The molecule has 3 rings (SSSR count). The molecule has 0 aliphatic carbocycles. The number of carbonyl (C=O) groups is 2. The SMILES string of the molecule is CN(C)C(=O)N1CCC(C(=O)Nc2cc(-c3ccncc3)[nH]n2)CC1. The number of carbonyl (C=O) groups excluding carboxylic acids is 2. The normalized spacial score (nSPS) is 15.0. The lowest BCUT2D eigenvalue weighted by Crippen LogP contribution is -2.45. The largest absolute Gasteiger partial charge is 0.331 e. The van der Waals surface area contributed by atoms with E-state index in [1.54, 1.807) is 42.4 Å². The molecule has 2 aromatic rings. The Hall–Kier alpha value is -2.90. The first-order valence-corrected chi connectivity index (χ1v) is 8.27. The smallest absolute Gasteiger partial charge is 0.319 e. The second-order valence-corrected chi connectivity index (χ2v) is 6.33. The molecule has 1 aliphatic heterocycles. The maximum Gasteiger partial charge on any atom is 0.319 e. The molecule has 0 aromatic carbocycles. The molecule has 0 bridgehead atoms. The first kappa shape index (κ1) is 16.9. The van der Waals surface area contributed by atoms with Gasteiger partial charge < -0.3 is 15.1 Å².